The van der Waals surface area contributed by atoms with E-state index in [-0.39, 0.29) is 24.0 Å². The van der Waals surface area contributed by atoms with Crippen molar-refractivity contribution in [1.29, 1.82) is 0 Å². The van der Waals surface area contributed by atoms with Crippen LogP contribution in [0.4, 0.5) is 0 Å². The fraction of sp³-hybridized carbons (Fsp3) is 0.909. The first-order chi connectivity index (χ1) is 7.20. The molecular weight excluding hydrogens is 192 g/mol. The molecule has 1 saturated carbocycles. The number of rotatable bonds is 3. The molecule has 0 aromatic heterocycles. The van der Waals surface area contributed by atoms with Gasteiger partial charge in [-0.2, -0.15) is 0 Å². The fourth-order valence-electron chi connectivity index (χ4n) is 2.44. The summed E-state index contributed by atoms with van der Waals surface area (Å²) in [7, 11) is 0. The van der Waals surface area contributed by atoms with Gasteiger partial charge >= 0.3 is 0 Å². The lowest BCUT2D eigenvalue weighted by molar-refractivity contribution is -0.128. The Labute approximate surface area is 90.5 Å². The van der Waals surface area contributed by atoms with Crippen LogP contribution in [0.2, 0.25) is 0 Å². The minimum Gasteiger partial charge on any atom is -0.377 e. The summed E-state index contributed by atoms with van der Waals surface area (Å²) in [6.45, 7) is 2.79. The summed E-state index contributed by atoms with van der Waals surface area (Å²) < 4.78 is 5.50. The van der Waals surface area contributed by atoms with Gasteiger partial charge in [0.25, 0.3) is 0 Å². The molecule has 86 valence electrons. The predicted molar refractivity (Wildman–Crippen MR) is 57.3 cm³/mol. The first-order valence-electron chi connectivity index (χ1n) is 5.88. The average molecular weight is 212 g/mol. The van der Waals surface area contributed by atoms with E-state index in [1.54, 1.807) is 0 Å². The van der Waals surface area contributed by atoms with Crippen LogP contribution in [0, 0.1) is 5.92 Å². The number of nitrogens with two attached hydrogens (primary N) is 1. The second-order valence-electron chi connectivity index (χ2n) is 4.65. The molecule has 4 nitrogen and oxygen atoms in total. The summed E-state index contributed by atoms with van der Waals surface area (Å²) in [5.41, 5.74) is 5.68. The van der Waals surface area contributed by atoms with Crippen LogP contribution < -0.4 is 11.1 Å². The molecule has 2 rings (SSSR count). The second-order valence-corrected chi connectivity index (χ2v) is 4.65. The van der Waals surface area contributed by atoms with E-state index in [1.807, 2.05) is 0 Å². The zero-order valence-corrected chi connectivity index (χ0v) is 9.24. The van der Waals surface area contributed by atoms with Crippen LogP contribution in [0.5, 0.6) is 0 Å². The monoisotopic (exact) mass is 212 g/mol. The number of amides is 1. The number of hydrogen-bond acceptors (Lipinski definition) is 3. The van der Waals surface area contributed by atoms with Crippen molar-refractivity contribution in [3.05, 3.63) is 0 Å². The number of hydrogen-bond donors (Lipinski definition) is 2. The lowest BCUT2D eigenvalue weighted by atomic mass is 9.86. The first-order valence-corrected chi connectivity index (χ1v) is 5.88. The molecule has 0 aromatic rings. The third-order valence-corrected chi connectivity index (χ3v) is 3.47. The minimum atomic E-state index is 0.0619. The first kappa shape index (κ1) is 10.9. The van der Waals surface area contributed by atoms with Crippen molar-refractivity contribution in [2.75, 3.05) is 6.61 Å². The molecule has 2 unspecified atom stereocenters. The van der Waals surface area contributed by atoms with Crippen LogP contribution in [0.3, 0.4) is 0 Å². The van der Waals surface area contributed by atoms with Gasteiger partial charge in [0.2, 0.25) is 5.91 Å². The highest BCUT2D eigenvalue weighted by Gasteiger charge is 2.35. The molecule has 0 spiro atoms. The Bertz CT molecular complexity index is 239. The van der Waals surface area contributed by atoms with Crippen molar-refractivity contribution < 1.29 is 9.53 Å². The maximum Gasteiger partial charge on any atom is 0.226 e. The molecular formula is C11H20N2O2. The van der Waals surface area contributed by atoms with Gasteiger partial charge in [-0.25, -0.2) is 0 Å². The molecule has 0 bridgehead atoms. The zero-order chi connectivity index (χ0) is 10.8. The fourth-order valence-corrected chi connectivity index (χ4v) is 2.44. The Morgan fingerprint density at radius 3 is 2.87 bits per heavy atom. The highest BCUT2D eigenvalue weighted by molar-refractivity contribution is 5.80. The van der Waals surface area contributed by atoms with E-state index in [1.165, 1.54) is 0 Å². The van der Waals surface area contributed by atoms with E-state index in [0.29, 0.717) is 6.04 Å². The van der Waals surface area contributed by atoms with Gasteiger partial charge in [-0.1, -0.05) is 6.92 Å². The van der Waals surface area contributed by atoms with E-state index in [0.717, 1.165) is 32.3 Å². The quantitative estimate of drug-likeness (QED) is 0.712. The standard InChI is InChI=1S/C11H20N2O2/c1-2-10-9(3-4-15-10)11(14)13-8-5-7(12)6-8/h7-10H,2-6,12H2,1H3,(H,13,14). The Morgan fingerprint density at radius 2 is 2.27 bits per heavy atom. The predicted octanol–water partition coefficient (Wildman–Crippen LogP) is 0.407. The molecule has 2 aliphatic rings. The number of nitrogens with one attached hydrogen (secondary N) is 1. The molecule has 1 aliphatic heterocycles. The molecule has 1 saturated heterocycles. The number of carbonyl (C=O) groups excluding carboxylic acids is 1. The van der Waals surface area contributed by atoms with E-state index in [9.17, 15) is 4.79 Å². The number of carbonyl (C=O) groups is 1. The van der Waals surface area contributed by atoms with Crippen LogP contribution in [-0.2, 0) is 9.53 Å². The zero-order valence-electron chi connectivity index (χ0n) is 9.24. The third-order valence-electron chi connectivity index (χ3n) is 3.47. The third kappa shape index (κ3) is 2.32. The normalized spacial score (nSPS) is 39.9. The lowest BCUT2D eigenvalue weighted by Gasteiger charge is -2.34. The van der Waals surface area contributed by atoms with Crippen LogP contribution in [0.1, 0.15) is 32.6 Å². The lowest BCUT2D eigenvalue weighted by Crippen LogP contribution is -2.52. The Balaban J connectivity index is 1.80. The molecule has 15 heavy (non-hydrogen) atoms. The van der Waals surface area contributed by atoms with Gasteiger partial charge in [-0.05, 0) is 25.7 Å². The van der Waals surface area contributed by atoms with Crippen molar-refractivity contribution in [3.63, 3.8) is 0 Å². The molecule has 0 aromatic carbocycles. The highest BCUT2D eigenvalue weighted by Crippen LogP contribution is 2.25. The molecule has 2 fully saturated rings. The largest absolute Gasteiger partial charge is 0.377 e. The van der Waals surface area contributed by atoms with Crippen LogP contribution in [0.15, 0.2) is 0 Å². The van der Waals surface area contributed by atoms with Crippen LogP contribution >= 0.6 is 0 Å². The Morgan fingerprint density at radius 1 is 1.53 bits per heavy atom. The van der Waals surface area contributed by atoms with E-state index >= 15 is 0 Å². The molecule has 3 N–H and O–H groups in total. The van der Waals surface area contributed by atoms with E-state index < -0.39 is 0 Å². The van der Waals surface area contributed by atoms with Crippen molar-refractivity contribution in [2.24, 2.45) is 11.7 Å². The maximum absolute atomic E-state index is 11.9. The molecule has 1 heterocycles. The van der Waals surface area contributed by atoms with Gasteiger partial charge in [-0.15, -0.1) is 0 Å². The Kier molecular flexibility index (Phi) is 3.26. The SMILES string of the molecule is CCC1OCCC1C(=O)NC1CC(N)C1. The van der Waals surface area contributed by atoms with Gasteiger partial charge in [0.05, 0.1) is 12.0 Å². The smallest absolute Gasteiger partial charge is 0.226 e. The van der Waals surface area contributed by atoms with Gasteiger partial charge < -0.3 is 15.8 Å². The van der Waals surface area contributed by atoms with Crippen molar-refractivity contribution >= 4 is 5.91 Å². The molecule has 1 aliphatic carbocycles. The molecule has 1 amide bonds. The molecule has 0 radical (unpaired) electrons. The summed E-state index contributed by atoms with van der Waals surface area (Å²) in [5.74, 6) is 0.225. The van der Waals surface area contributed by atoms with Gasteiger partial charge in [0, 0.05) is 18.7 Å². The second kappa shape index (κ2) is 4.49. The summed E-state index contributed by atoms with van der Waals surface area (Å²) in [6.07, 6.45) is 3.76. The number of ether oxygens (including phenoxy) is 1. The van der Waals surface area contributed by atoms with Crippen molar-refractivity contribution in [2.45, 2.75) is 50.8 Å². The Hall–Kier alpha value is -0.610. The summed E-state index contributed by atoms with van der Waals surface area (Å²) in [4.78, 5) is 11.9. The topological polar surface area (TPSA) is 64.3 Å². The minimum absolute atomic E-state index is 0.0619. The van der Waals surface area contributed by atoms with Crippen molar-refractivity contribution in [3.8, 4) is 0 Å². The van der Waals surface area contributed by atoms with Gasteiger partial charge in [0.1, 0.15) is 0 Å². The summed E-state index contributed by atoms with van der Waals surface area (Å²) in [5, 5.41) is 3.05. The van der Waals surface area contributed by atoms with Crippen molar-refractivity contribution in [1.82, 2.24) is 5.32 Å². The molecule has 4 heteroatoms. The van der Waals surface area contributed by atoms with Gasteiger partial charge in [0.15, 0.2) is 0 Å². The maximum atomic E-state index is 11.9. The summed E-state index contributed by atoms with van der Waals surface area (Å²) >= 11 is 0. The van der Waals surface area contributed by atoms with E-state index in [2.05, 4.69) is 12.2 Å². The average Bonchev–Trinajstić information content (AvgIpc) is 2.62. The molecule has 2 atom stereocenters. The van der Waals surface area contributed by atoms with Gasteiger partial charge in [-0.3, -0.25) is 4.79 Å². The van der Waals surface area contributed by atoms with E-state index in [4.69, 9.17) is 10.5 Å². The van der Waals surface area contributed by atoms with Crippen LogP contribution in [-0.4, -0.2) is 30.7 Å². The van der Waals surface area contributed by atoms with Crippen LogP contribution in [0.25, 0.3) is 0 Å². The summed E-state index contributed by atoms with van der Waals surface area (Å²) in [6, 6.07) is 0.600. The highest BCUT2D eigenvalue weighted by atomic mass is 16.5.